The van der Waals surface area contributed by atoms with Gasteiger partial charge in [-0.1, -0.05) is 12.1 Å². The number of carboxylic acid groups (broad SMARTS) is 1. The molecule has 0 heterocycles. The number of hydroxylamine groups is 1. The van der Waals surface area contributed by atoms with E-state index in [4.69, 9.17) is 9.94 Å². The highest BCUT2D eigenvalue weighted by molar-refractivity contribution is 7.89. The van der Waals surface area contributed by atoms with Crippen LogP contribution in [0.3, 0.4) is 0 Å². The lowest BCUT2D eigenvalue weighted by atomic mass is 10.2. The van der Waals surface area contributed by atoms with Crippen molar-refractivity contribution >= 4 is 28.0 Å². The van der Waals surface area contributed by atoms with E-state index in [2.05, 4.69) is 4.72 Å². The predicted molar refractivity (Wildman–Crippen MR) is 92.9 cm³/mol. The largest absolute Gasteiger partial charge is 0.480 e. The molecule has 0 aliphatic rings. The van der Waals surface area contributed by atoms with E-state index in [0.29, 0.717) is 5.56 Å². The third-order valence-electron chi connectivity index (χ3n) is 2.98. The van der Waals surface area contributed by atoms with Crippen molar-refractivity contribution < 1.29 is 33.1 Å². The van der Waals surface area contributed by atoms with Crippen molar-refractivity contribution in [1.29, 1.82) is 0 Å². The lowest BCUT2D eigenvalue weighted by molar-refractivity contribution is -0.142. The summed E-state index contributed by atoms with van der Waals surface area (Å²) in [4.78, 5) is 22.1. The summed E-state index contributed by atoms with van der Waals surface area (Å²) in [6, 6.07) is 4.06. The number of ether oxygens (including phenoxy) is 1. The Morgan fingerprint density at radius 1 is 1.31 bits per heavy atom. The molecule has 0 fully saturated rings. The lowest BCUT2D eigenvalue weighted by Crippen LogP contribution is -2.45. The molecule has 10 heteroatoms. The maximum absolute atomic E-state index is 12.4. The van der Waals surface area contributed by atoms with Gasteiger partial charge in [-0.15, -0.1) is 0 Å². The minimum Gasteiger partial charge on any atom is -0.480 e. The van der Waals surface area contributed by atoms with Crippen LogP contribution < -0.4 is 10.2 Å². The molecule has 1 amide bonds. The molecule has 1 rings (SSSR count). The topological polar surface area (TPSA) is 142 Å². The van der Waals surface area contributed by atoms with E-state index in [-0.39, 0.29) is 11.5 Å². The first-order chi connectivity index (χ1) is 11.9. The number of aliphatic carboxylic acids is 1. The Bertz CT molecular complexity index is 782. The molecule has 1 unspecified atom stereocenters. The fourth-order valence-corrected chi connectivity index (χ4v) is 2.97. The van der Waals surface area contributed by atoms with Gasteiger partial charge in [-0.3, -0.25) is 14.8 Å². The fourth-order valence-electron chi connectivity index (χ4n) is 1.74. The molecule has 0 saturated carbocycles. The van der Waals surface area contributed by atoms with Gasteiger partial charge in [0.25, 0.3) is 5.91 Å². The normalized spacial score (nSPS) is 13.5. The second-order valence-corrected chi connectivity index (χ2v) is 8.03. The summed E-state index contributed by atoms with van der Waals surface area (Å²) in [6.07, 6.45) is 2.30. The highest BCUT2D eigenvalue weighted by Gasteiger charge is 2.27. The first-order valence-electron chi connectivity index (χ1n) is 7.56. The smallest absolute Gasteiger partial charge is 0.324 e. The Morgan fingerprint density at radius 2 is 1.96 bits per heavy atom. The minimum atomic E-state index is -4.13. The van der Waals surface area contributed by atoms with E-state index in [1.54, 1.807) is 20.8 Å². The molecule has 144 valence electrons. The lowest BCUT2D eigenvalue weighted by Gasteiger charge is -2.23. The third-order valence-corrected chi connectivity index (χ3v) is 4.45. The summed E-state index contributed by atoms with van der Waals surface area (Å²) < 4.78 is 32.3. The molecule has 0 aromatic heterocycles. The highest BCUT2D eigenvalue weighted by Crippen LogP contribution is 2.14. The summed E-state index contributed by atoms with van der Waals surface area (Å²) >= 11 is 0. The van der Waals surface area contributed by atoms with Crippen LogP contribution in [0.15, 0.2) is 35.2 Å². The summed E-state index contributed by atoms with van der Waals surface area (Å²) in [6.45, 7) is 4.82. The van der Waals surface area contributed by atoms with Gasteiger partial charge in [-0.2, -0.15) is 4.72 Å². The van der Waals surface area contributed by atoms with E-state index >= 15 is 0 Å². The molecule has 0 saturated heterocycles. The van der Waals surface area contributed by atoms with Crippen LogP contribution >= 0.6 is 0 Å². The Morgan fingerprint density at radius 3 is 2.50 bits per heavy atom. The summed E-state index contributed by atoms with van der Waals surface area (Å²) in [5, 5.41) is 17.7. The number of sulfonamides is 1. The summed E-state index contributed by atoms with van der Waals surface area (Å²) in [5.41, 5.74) is 1.15. The van der Waals surface area contributed by atoms with Crippen molar-refractivity contribution in [2.45, 2.75) is 37.3 Å². The second-order valence-electron chi connectivity index (χ2n) is 6.32. The van der Waals surface area contributed by atoms with Gasteiger partial charge >= 0.3 is 5.97 Å². The van der Waals surface area contributed by atoms with Crippen molar-refractivity contribution in [2.75, 3.05) is 6.61 Å². The molecule has 1 aromatic carbocycles. The molecular weight excluding hydrogens is 364 g/mol. The Labute approximate surface area is 151 Å². The number of hydrogen-bond acceptors (Lipinski definition) is 6. The quantitative estimate of drug-likeness (QED) is 0.293. The van der Waals surface area contributed by atoms with Crippen LogP contribution in [0.1, 0.15) is 26.3 Å². The van der Waals surface area contributed by atoms with Crippen LogP contribution in [0.25, 0.3) is 6.08 Å². The Balaban J connectivity index is 2.99. The maximum Gasteiger partial charge on any atom is 0.324 e. The predicted octanol–water partition coefficient (Wildman–Crippen LogP) is 0.752. The van der Waals surface area contributed by atoms with Gasteiger partial charge < -0.3 is 9.84 Å². The zero-order chi connectivity index (χ0) is 20.0. The van der Waals surface area contributed by atoms with E-state index in [1.165, 1.54) is 35.8 Å². The van der Waals surface area contributed by atoms with Gasteiger partial charge in [0, 0.05) is 6.08 Å². The molecule has 1 aromatic rings. The van der Waals surface area contributed by atoms with Crippen molar-refractivity contribution in [3.63, 3.8) is 0 Å². The number of benzene rings is 1. The SMILES string of the molecule is CC(C)(C)OCC(NS(=O)(=O)c1cccc(C=CC(=O)NO)c1)C(=O)O. The molecule has 0 aliphatic heterocycles. The van der Waals surface area contributed by atoms with Crippen LogP contribution in [0, 0.1) is 0 Å². The molecular formula is C16H22N2O7S. The minimum absolute atomic E-state index is 0.175. The second kappa shape index (κ2) is 8.90. The van der Waals surface area contributed by atoms with Crippen LogP contribution in [0.5, 0.6) is 0 Å². The Kier molecular flexibility index (Phi) is 7.45. The summed E-state index contributed by atoms with van der Waals surface area (Å²) in [7, 11) is -4.13. The average Bonchev–Trinajstić information content (AvgIpc) is 2.55. The fraction of sp³-hybridized carbons (Fsp3) is 0.375. The number of carbonyl (C=O) groups excluding carboxylic acids is 1. The number of carboxylic acids is 1. The summed E-state index contributed by atoms with van der Waals surface area (Å²) in [5.74, 6) is -2.14. The van der Waals surface area contributed by atoms with E-state index in [9.17, 15) is 23.1 Å². The molecule has 4 N–H and O–H groups in total. The molecule has 0 bridgehead atoms. The van der Waals surface area contributed by atoms with Gasteiger partial charge in [-0.05, 0) is 44.5 Å². The number of hydrogen-bond donors (Lipinski definition) is 4. The van der Waals surface area contributed by atoms with Crippen molar-refractivity contribution in [1.82, 2.24) is 10.2 Å². The van der Waals surface area contributed by atoms with Gasteiger partial charge in [0.15, 0.2) is 0 Å². The third kappa shape index (κ3) is 7.31. The number of nitrogens with one attached hydrogen (secondary N) is 2. The first kappa shape index (κ1) is 21.8. The number of amides is 1. The van der Waals surface area contributed by atoms with Crippen LogP contribution in [0.4, 0.5) is 0 Å². The van der Waals surface area contributed by atoms with E-state index < -0.39 is 33.5 Å². The van der Waals surface area contributed by atoms with Gasteiger partial charge in [0.1, 0.15) is 6.04 Å². The monoisotopic (exact) mass is 386 g/mol. The standard InChI is InChI=1S/C16H22N2O7S/c1-16(2,3)25-10-13(15(20)21)18-26(23,24)12-6-4-5-11(9-12)7-8-14(19)17-22/h4-9,13,18,22H,10H2,1-3H3,(H,17,19)(H,20,21). The van der Waals surface area contributed by atoms with Crippen molar-refractivity contribution in [2.24, 2.45) is 0 Å². The molecule has 1 atom stereocenters. The van der Waals surface area contributed by atoms with Crippen LogP contribution in [-0.4, -0.2) is 48.9 Å². The maximum atomic E-state index is 12.4. The van der Waals surface area contributed by atoms with Gasteiger partial charge in [-0.25, -0.2) is 13.9 Å². The molecule has 0 aliphatic carbocycles. The molecule has 26 heavy (non-hydrogen) atoms. The molecule has 0 spiro atoms. The molecule has 0 radical (unpaired) electrons. The first-order valence-corrected chi connectivity index (χ1v) is 9.04. The van der Waals surface area contributed by atoms with Gasteiger partial charge in [0.05, 0.1) is 17.1 Å². The van der Waals surface area contributed by atoms with Crippen molar-refractivity contribution in [3.8, 4) is 0 Å². The van der Waals surface area contributed by atoms with Crippen molar-refractivity contribution in [3.05, 3.63) is 35.9 Å². The number of carbonyl (C=O) groups is 2. The highest BCUT2D eigenvalue weighted by atomic mass is 32.2. The van der Waals surface area contributed by atoms with E-state index in [1.807, 2.05) is 0 Å². The Hall–Kier alpha value is -2.27. The molecule has 9 nitrogen and oxygen atoms in total. The van der Waals surface area contributed by atoms with Gasteiger partial charge in [0.2, 0.25) is 10.0 Å². The van der Waals surface area contributed by atoms with E-state index in [0.717, 1.165) is 6.08 Å². The number of rotatable bonds is 8. The zero-order valence-electron chi connectivity index (χ0n) is 14.6. The van der Waals surface area contributed by atoms with Crippen LogP contribution in [-0.2, 0) is 24.3 Å². The van der Waals surface area contributed by atoms with Crippen LogP contribution in [0.2, 0.25) is 0 Å². The zero-order valence-corrected chi connectivity index (χ0v) is 15.4. The average molecular weight is 386 g/mol.